The van der Waals surface area contributed by atoms with Crippen LogP contribution in [0.15, 0.2) is 36.5 Å². The molecule has 5 rings (SSSR count). The molecule has 28 heavy (non-hydrogen) atoms. The molecule has 7 nitrogen and oxygen atoms in total. The van der Waals surface area contributed by atoms with Crippen LogP contribution in [0.2, 0.25) is 0 Å². The molecule has 0 spiro atoms. The van der Waals surface area contributed by atoms with Gasteiger partial charge in [0.25, 0.3) is 0 Å². The van der Waals surface area contributed by atoms with E-state index in [0.29, 0.717) is 6.61 Å². The van der Waals surface area contributed by atoms with Crippen LogP contribution in [0.1, 0.15) is 16.8 Å². The van der Waals surface area contributed by atoms with Gasteiger partial charge >= 0.3 is 0 Å². The summed E-state index contributed by atoms with van der Waals surface area (Å²) in [4.78, 5) is 7.22. The number of ether oxygens (including phenoxy) is 2. The van der Waals surface area contributed by atoms with E-state index in [1.54, 1.807) is 7.11 Å². The predicted octanol–water partition coefficient (Wildman–Crippen LogP) is 1.83. The van der Waals surface area contributed by atoms with Gasteiger partial charge in [-0.3, -0.25) is 0 Å². The fourth-order valence-electron chi connectivity index (χ4n) is 4.03. The number of fused-ring (bicyclic) bond motifs is 2. The fourth-order valence-corrected chi connectivity index (χ4v) is 4.03. The quantitative estimate of drug-likeness (QED) is 0.730. The summed E-state index contributed by atoms with van der Waals surface area (Å²) in [5, 5.41) is 8.01. The molecule has 0 bridgehead atoms. The van der Waals surface area contributed by atoms with Crippen LogP contribution in [0.25, 0.3) is 5.65 Å². The number of aromatic nitrogens is 3. The SMILES string of the molecule is COc1cccc(COC2CN(c3c4c(nc5ccnn35)CCNCC4)C2)c1. The second-order valence-electron chi connectivity index (χ2n) is 7.40. The van der Waals surface area contributed by atoms with E-state index >= 15 is 0 Å². The van der Waals surface area contributed by atoms with Gasteiger partial charge in [0.1, 0.15) is 11.6 Å². The lowest BCUT2D eigenvalue weighted by atomic mass is 10.1. The molecule has 1 aromatic carbocycles. The Morgan fingerprint density at radius 1 is 1.18 bits per heavy atom. The molecule has 0 atom stereocenters. The Hall–Kier alpha value is -2.64. The molecule has 0 saturated carbocycles. The second kappa shape index (κ2) is 7.41. The lowest BCUT2D eigenvalue weighted by molar-refractivity contribution is 0.0218. The van der Waals surface area contributed by atoms with E-state index in [9.17, 15) is 0 Å². The zero-order valence-electron chi connectivity index (χ0n) is 16.1. The molecular weight excluding hydrogens is 354 g/mol. The zero-order valence-corrected chi connectivity index (χ0v) is 16.1. The first-order chi connectivity index (χ1) is 13.8. The van der Waals surface area contributed by atoms with Crippen LogP contribution in [0.3, 0.4) is 0 Å². The minimum absolute atomic E-state index is 0.226. The molecule has 0 unspecified atom stereocenters. The van der Waals surface area contributed by atoms with Crippen LogP contribution >= 0.6 is 0 Å². The molecule has 2 aromatic heterocycles. The van der Waals surface area contributed by atoms with E-state index in [1.165, 1.54) is 17.1 Å². The van der Waals surface area contributed by atoms with Crippen molar-refractivity contribution in [3.63, 3.8) is 0 Å². The third-order valence-corrected chi connectivity index (χ3v) is 5.55. The fraction of sp³-hybridized carbons (Fsp3) is 0.429. The van der Waals surface area contributed by atoms with Gasteiger partial charge in [-0.05, 0) is 30.7 Å². The predicted molar refractivity (Wildman–Crippen MR) is 107 cm³/mol. The molecule has 3 aromatic rings. The van der Waals surface area contributed by atoms with Gasteiger partial charge in [0, 0.05) is 37.7 Å². The number of rotatable bonds is 5. The van der Waals surface area contributed by atoms with Crippen molar-refractivity contribution in [3.8, 4) is 5.75 Å². The van der Waals surface area contributed by atoms with Crippen LogP contribution in [-0.4, -0.2) is 54.0 Å². The molecular formula is C21H25N5O2. The Labute approximate surface area is 164 Å². The van der Waals surface area contributed by atoms with Gasteiger partial charge in [0.05, 0.1) is 31.7 Å². The lowest BCUT2D eigenvalue weighted by Crippen LogP contribution is -2.53. The monoisotopic (exact) mass is 379 g/mol. The molecule has 0 radical (unpaired) electrons. The summed E-state index contributed by atoms with van der Waals surface area (Å²) < 4.78 is 13.4. The Morgan fingerprint density at radius 2 is 2.07 bits per heavy atom. The third-order valence-electron chi connectivity index (χ3n) is 5.55. The Kier molecular flexibility index (Phi) is 4.62. The van der Waals surface area contributed by atoms with Crippen LogP contribution in [-0.2, 0) is 24.2 Å². The van der Waals surface area contributed by atoms with E-state index < -0.39 is 0 Å². The van der Waals surface area contributed by atoms with Crippen molar-refractivity contribution in [1.29, 1.82) is 0 Å². The standard InChI is InChI=1S/C21H25N5O2/c1-27-16-4-2-3-15(11-16)14-28-17-12-25(13-17)21-18-5-8-22-9-6-19(18)24-20-7-10-23-26(20)21/h2-4,7,10-11,17,22H,5-6,8-9,12-14H2,1H3. The van der Waals surface area contributed by atoms with Crippen LogP contribution in [0.5, 0.6) is 5.75 Å². The highest BCUT2D eigenvalue weighted by Crippen LogP contribution is 2.30. The van der Waals surface area contributed by atoms with Crippen molar-refractivity contribution >= 4 is 11.5 Å². The maximum Gasteiger partial charge on any atom is 0.157 e. The van der Waals surface area contributed by atoms with Gasteiger partial charge in [0.2, 0.25) is 0 Å². The molecule has 4 heterocycles. The van der Waals surface area contributed by atoms with E-state index in [-0.39, 0.29) is 6.10 Å². The molecule has 2 aliphatic rings. The van der Waals surface area contributed by atoms with Crippen LogP contribution in [0, 0.1) is 0 Å². The highest BCUT2D eigenvalue weighted by Gasteiger charge is 2.32. The Morgan fingerprint density at radius 3 is 2.96 bits per heavy atom. The summed E-state index contributed by atoms with van der Waals surface area (Å²) in [6, 6.07) is 10.0. The van der Waals surface area contributed by atoms with Gasteiger partial charge in [-0.1, -0.05) is 12.1 Å². The molecule has 1 N–H and O–H groups in total. The van der Waals surface area contributed by atoms with Crippen molar-refractivity contribution in [1.82, 2.24) is 19.9 Å². The first-order valence-electron chi connectivity index (χ1n) is 9.87. The molecule has 146 valence electrons. The average Bonchev–Trinajstić information content (AvgIpc) is 3.03. The molecule has 1 fully saturated rings. The summed E-state index contributed by atoms with van der Waals surface area (Å²) in [6.45, 7) is 4.32. The lowest BCUT2D eigenvalue weighted by Gasteiger charge is -2.41. The van der Waals surface area contributed by atoms with Gasteiger partial charge < -0.3 is 19.7 Å². The van der Waals surface area contributed by atoms with Crippen LogP contribution < -0.4 is 15.0 Å². The highest BCUT2D eigenvalue weighted by molar-refractivity contribution is 5.59. The number of nitrogens with one attached hydrogen (secondary N) is 1. The zero-order chi connectivity index (χ0) is 18.9. The van der Waals surface area contributed by atoms with Crippen molar-refractivity contribution < 1.29 is 9.47 Å². The topological polar surface area (TPSA) is 63.9 Å². The minimum atomic E-state index is 0.226. The molecule has 1 saturated heterocycles. The average molecular weight is 379 g/mol. The number of hydrogen-bond donors (Lipinski definition) is 1. The summed E-state index contributed by atoms with van der Waals surface area (Å²) in [5.74, 6) is 2.06. The number of benzene rings is 1. The maximum absolute atomic E-state index is 6.12. The van der Waals surface area contributed by atoms with Crippen molar-refractivity contribution in [3.05, 3.63) is 53.3 Å². The van der Waals surface area contributed by atoms with Crippen molar-refractivity contribution in [2.45, 2.75) is 25.6 Å². The molecule has 0 amide bonds. The smallest absolute Gasteiger partial charge is 0.157 e. The van der Waals surface area contributed by atoms with Crippen molar-refractivity contribution in [2.24, 2.45) is 0 Å². The normalized spacial score (nSPS) is 17.2. The summed E-state index contributed by atoms with van der Waals surface area (Å²) >= 11 is 0. The largest absolute Gasteiger partial charge is 0.497 e. The maximum atomic E-state index is 6.12. The summed E-state index contributed by atoms with van der Waals surface area (Å²) in [7, 11) is 1.69. The molecule has 2 aliphatic heterocycles. The van der Waals surface area contributed by atoms with Gasteiger partial charge in [-0.25, -0.2) is 4.98 Å². The van der Waals surface area contributed by atoms with Gasteiger partial charge in [-0.15, -0.1) is 0 Å². The highest BCUT2D eigenvalue weighted by atomic mass is 16.5. The molecule has 7 heteroatoms. The Bertz CT molecular complexity index is 980. The number of nitrogens with zero attached hydrogens (tertiary/aromatic N) is 4. The van der Waals surface area contributed by atoms with E-state index in [2.05, 4.69) is 21.4 Å². The first kappa shape index (κ1) is 17.5. The Balaban J connectivity index is 1.31. The van der Waals surface area contributed by atoms with Crippen molar-refractivity contribution in [2.75, 3.05) is 38.2 Å². The number of methoxy groups -OCH3 is 1. The van der Waals surface area contributed by atoms with Gasteiger partial charge in [0.15, 0.2) is 5.65 Å². The van der Waals surface area contributed by atoms with E-state index in [1.807, 2.05) is 35.0 Å². The number of hydrogen-bond acceptors (Lipinski definition) is 6. The first-order valence-corrected chi connectivity index (χ1v) is 9.87. The number of anilines is 1. The van der Waals surface area contributed by atoms with Crippen LogP contribution in [0.4, 0.5) is 5.82 Å². The second-order valence-corrected chi connectivity index (χ2v) is 7.40. The third kappa shape index (κ3) is 3.21. The summed E-state index contributed by atoms with van der Waals surface area (Å²) in [6.07, 6.45) is 4.01. The summed E-state index contributed by atoms with van der Waals surface area (Å²) in [5.41, 5.74) is 4.59. The minimum Gasteiger partial charge on any atom is -0.497 e. The van der Waals surface area contributed by atoms with E-state index in [0.717, 1.165) is 56.0 Å². The van der Waals surface area contributed by atoms with Gasteiger partial charge in [-0.2, -0.15) is 9.61 Å². The van der Waals surface area contributed by atoms with E-state index in [4.69, 9.17) is 14.5 Å². The molecule has 0 aliphatic carbocycles.